The van der Waals surface area contributed by atoms with Gasteiger partial charge in [0.2, 0.25) is 0 Å². The van der Waals surface area contributed by atoms with Crippen LogP contribution >= 0.6 is 0 Å². The minimum absolute atomic E-state index is 0.176. The van der Waals surface area contributed by atoms with Crippen molar-refractivity contribution in [3.05, 3.63) is 24.3 Å². The predicted molar refractivity (Wildman–Crippen MR) is 59.9 cm³/mol. The van der Waals surface area contributed by atoms with Crippen molar-refractivity contribution in [2.75, 3.05) is 14.1 Å². The smallest absolute Gasteiger partial charge is 0.330 e. The Balaban J connectivity index is -0.000000153. The molecular formula is C10H19NO4. The first-order valence-electron chi connectivity index (χ1n) is 4.06. The maximum Gasteiger partial charge on any atom is 0.330 e. The second kappa shape index (κ2) is 12.4. The Morgan fingerprint density at radius 1 is 0.933 bits per heavy atom. The average Bonchev–Trinajstić information content (AvgIpc) is 2.06. The van der Waals surface area contributed by atoms with E-state index in [9.17, 15) is 9.59 Å². The van der Waals surface area contributed by atoms with Crippen molar-refractivity contribution in [3.63, 3.8) is 0 Å². The van der Waals surface area contributed by atoms with Crippen LogP contribution in [0.3, 0.4) is 0 Å². The standard InChI is InChI=1S/2C4H6O2.C2H7N/c2*1-3(2)4(5)6;1-3-2/h2*1H2,2H3,(H,5,6);3H,1-2H3. The summed E-state index contributed by atoms with van der Waals surface area (Å²) in [6.45, 7) is 9.20. The van der Waals surface area contributed by atoms with E-state index in [1.807, 2.05) is 14.1 Å². The minimum Gasteiger partial charge on any atom is -0.478 e. The van der Waals surface area contributed by atoms with Crippen molar-refractivity contribution in [2.45, 2.75) is 13.8 Å². The van der Waals surface area contributed by atoms with Gasteiger partial charge in [0, 0.05) is 11.1 Å². The van der Waals surface area contributed by atoms with E-state index < -0.39 is 11.9 Å². The molecule has 0 radical (unpaired) electrons. The second-order valence-electron chi connectivity index (χ2n) is 2.67. The lowest BCUT2D eigenvalue weighted by Crippen LogP contribution is -1.92. The SMILES string of the molecule is C=C(C)C(=O)O.C=C(C)C(=O)O.CNC. The van der Waals surface area contributed by atoms with Gasteiger partial charge in [0.15, 0.2) is 0 Å². The largest absolute Gasteiger partial charge is 0.478 e. The highest BCUT2D eigenvalue weighted by Gasteiger charge is 1.90. The van der Waals surface area contributed by atoms with Crippen LogP contribution in [-0.4, -0.2) is 36.2 Å². The predicted octanol–water partition coefficient (Wildman–Crippen LogP) is 1.13. The summed E-state index contributed by atoms with van der Waals surface area (Å²) in [6.07, 6.45) is 0. The van der Waals surface area contributed by atoms with Crippen molar-refractivity contribution in [3.8, 4) is 0 Å². The molecule has 88 valence electrons. The molecule has 0 bridgehead atoms. The molecule has 0 aromatic carbocycles. The normalized spacial score (nSPS) is 7.20. The highest BCUT2D eigenvalue weighted by atomic mass is 16.4. The van der Waals surface area contributed by atoms with Crippen LogP contribution in [0.5, 0.6) is 0 Å². The van der Waals surface area contributed by atoms with Gasteiger partial charge < -0.3 is 15.5 Å². The number of aliphatic carboxylic acids is 2. The van der Waals surface area contributed by atoms with Gasteiger partial charge in [0.1, 0.15) is 0 Å². The summed E-state index contributed by atoms with van der Waals surface area (Å²) >= 11 is 0. The molecule has 5 heteroatoms. The zero-order valence-electron chi connectivity index (χ0n) is 9.63. The molecule has 0 atom stereocenters. The number of carboxylic acid groups (broad SMARTS) is 2. The van der Waals surface area contributed by atoms with Crippen LogP contribution in [0.15, 0.2) is 24.3 Å². The van der Waals surface area contributed by atoms with Crippen LogP contribution in [0, 0.1) is 0 Å². The topological polar surface area (TPSA) is 86.6 Å². The number of rotatable bonds is 2. The molecule has 0 saturated carbocycles. The van der Waals surface area contributed by atoms with Gasteiger partial charge in [-0.05, 0) is 27.9 Å². The Kier molecular flexibility index (Phi) is 15.7. The quantitative estimate of drug-likeness (QED) is 0.603. The number of hydrogen-bond donors (Lipinski definition) is 3. The van der Waals surface area contributed by atoms with Crippen LogP contribution in [0.25, 0.3) is 0 Å². The van der Waals surface area contributed by atoms with E-state index in [0.29, 0.717) is 0 Å². The Morgan fingerprint density at radius 3 is 1.00 bits per heavy atom. The van der Waals surface area contributed by atoms with Crippen molar-refractivity contribution < 1.29 is 19.8 Å². The molecule has 0 heterocycles. The molecule has 0 unspecified atom stereocenters. The van der Waals surface area contributed by atoms with Crippen LogP contribution in [0.2, 0.25) is 0 Å². The van der Waals surface area contributed by atoms with E-state index >= 15 is 0 Å². The van der Waals surface area contributed by atoms with Gasteiger partial charge >= 0.3 is 11.9 Å². The maximum atomic E-state index is 9.60. The highest BCUT2D eigenvalue weighted by molar-refractivity contribution is 5.85. The molecular weight excluding hydrogens is 198 g/mol. The van der Waals surface area contributed by atoms with E-state index in [1.54, 1.807) is 0 Å². The van der Waals surface area contributed by atoms with E-state index in [1.165, 1.54) is 13.8 Å². The summed E-state index contributed by atoms with van der Waals surface area (Å²) in [5.74, 6) is -1.87. The van der Waals surface area contributed by atoms with Gasteiger partial charge in [-0.1, -0.05) is 13.2 Å². The van der Waals surface area contributed by atoms with Crippen molar-refractivity contribution in [1.29, 1.82) is 0 Å². The molecule has 0 aliphatic heterocycles. The van der Waals surface area contributed by atoms with Crippen molar-refractivity contribution in [1.82, 2.24) is 5.32 Å². The molecule has 3 N–H and O–H groups in total. The molecule has 0 spiro atoms. The lowest BCUT2D eigenvalue weighted by Gasteiger charge is -1.79. The fraction of sp³-hybridized carbons (Fsp3) is 0.400. The molecule has 0 amide bonds. The summed E-state index contributed by atoms with van der Waals surface area (Å²) < 4.78 is 0. The van der Waals surface area contributed by atoms with E-state index in [0.717, 1.165) is 0 Å². The zero-order valence-corrected chi connectivity index (χ0v) is 9.63. The molecule has 0 fully saturated rings. The van der Waals surface area contributed by atoms with Gasteiger partial charge in [-0.3, -0.25) is 0 Å². The lowest BCUT2D eigenvalue weighted by molar-refractivity contribution is -0.133. The minimum atomic E-state index is -0.935. The highest BCUT2D eigenvalue weighted by Crippen LogP contribution is 1.81. The molecule has 0 saturated heterocycles. The first-order chi connectivity index (χ1) is 6.70. The fourth-order valence-electron chi connectivity index (χ4n) is 0. The molecule has 5 nitrogen and oxygen atoms in total. The van der Waals surface area contributed by atoms with Crippen LogP contribution in [0.4, 0.5) is 0 Å². The first kappa shape index (κ1) is 19.0. The number of carboxylic acids is 2. The fourth-order valence-corrected chi connectivity index (χ4v) is 0. The van der Waals surface area contributed by atoms with Crippen LogP contribution < -0.4 is 5.32 Å². The van der Waals surface area contributed by atoms with Gasteiger partial charge in [-0.2, -0.15) is 0 Å². The third kappa shape index (κ3) is 32.8. The maximum absolute atomic E-state index is 9.60. The number of carbonyl (C=O) groups is 2. The Morgan fingerprint density at radius 2 is 1.00 bits per heavy atom. The second-order valence-corrected chi connectivity index (χ2v) is 2.67. The summed E-state index contributed by atoms with van der Waals surface area (Å²) in [6, 6.07) is 0. The number of hydrogen-bond acceptors (Lipinski definition) is 3. The lowest BCUT2D eigenvalue weighted by atomic mass is 10.4. The molecule has 0 aliphatic rings. The number of nitrogens with one attached hydrogen (secondary N) is 1. The third-order valence-electron chi connectivity index (χ3n) is 0.730. The summed E-state index contributed by atoms with van der Waals surface area (Å²) in [7, 11) is 3.75. The molecule has 15 heavy (non-hydrogen) atoms. The van der Waals surface area contributed by atoms with Gasteiger partial charge in [-0.25, -0.2) is 9.59 Å². The van der Waals surface area contributed by atoms with E-state index in [-0.39, 0.29) is 11.1 Å². The van der Waals surface area contributed by atoms with Crippen molar-refractivity contribution >= 4 is 11.9 Å². The van der Waals surface area contributed by atoms with Gasteiger partial charge in [0.25, 0.3) is 0 Å². The summed E-state index contributed by atoms with van der Waals surface area (Å²) in [5, 5.41) is 18.5. The van der Waals surface area contributed by atoms with Gasteiger partial charge in [0.05, 0.1) is 0 Å². The third-order valence-corrected chi connectivity index (χ3v) is 0.730. The average molecular weight is 217 g/mol. The van der Waals surface area contributed by atoms with Crippen LogP contribution in [-0.2, 0) is 9.59 Å². The molecule has 0 aromatic heterocycles. The van der Waals surface area contributed by atoms with E-state index in [2.05, 4.69) is 18.5 Å². The summed E-state index contributed by atoms with van der Waals surface area (Å²) in [4.78, 5) is 19.2. The Hall–Kier alpha value is -1.62. The Bertz CT molecular complexity index is 186. The monoisotopic (exact) mass is 217 g/mol. The summed E-state index contributed by atoms with van der Waals surface area (Å²) in [5.41, 5.74) is 0.352. The zero-order chi connectivity index (χ0) is 13.0. The Labute approximate surface area is 90.1 Å². The van der Waals surface area contributed by atoms with Crippen molar-refractivity contribution in [2.24, 2.45) is 0 Å². The van der Waals surface area contributed by atoms with Gasteiger partial charge in [-0.15, -0.1) is 0 Å². The molecule has 0 aliphatic carbocycles. The van der Waals surface area contributed by atoms with E-state index in [4.69, 9.17) is 10.2 Å². The first-order valence-corrected chi connectivity index (χ1v) is 4.06. The molecule has 0 aromatic rings. The van der Waals surface area contributed by atoms with Crippen LogP contribution in [0.1, 0.15) is 13.8 Å². The molecule has 0 rings (SSSR count).